The molecule has 0 unspecified atom stereocenters. The lowest BCUT2D eigenvalue weighted by molar-refractivity contribution is -0.121. The SMILES string of the molecule is O=C(CCc1nc(-c2ccc3cc[nH]c3c2)no1)NCc1ccccc1. The number of amides is 1. The summed E-state index contributed by atoms with van der Waals surface area (Å²) in [4.78, 5) is 19.5. The van der Waals surface area contributed by atoms with E-state index in [4.69, 9.17) is 4.52 Å². The van der Waals surface area contributed by atoms with E-state index in [0.29, 0.717) is 31.1 Å². The molecule has 130 valence electrons. The molecule has 2 aromatic heterocycles. The van der Waals surface area contributed by atoms with E-state index in [2.05, 4.69) is 20.4 Å². The van der Waals surface area contributed by atoms with Crippen LogP contribution < -0.4 is 5.32 Å². The number of hydrogen-bond acceptors (Lipinski definition) is 4. The highest BCUT2D eigenvalue weighted by Crippen LogP contribution is 2.21. The number of nitrogens with one attached hydrogen (secondary N) is 2. The van der Waals surface area contributed by atoms with Crippen LogP contribution in [0.2, 0.25) is 0 Å². The van der Waals surface area contributed by atoms with E-state index in [0.717, 1.165) is 22.0 Å². The minimum atomic E-state index is -0.0404. The van der Waals surface area contributed by atoms with Gasteiger partial charge >= 0.3 is 0 Å². The highest BCUT2D eigenvalue weighted by Gasteiger charge is 2.11. The Balaban J connectivity index is 1.34. The fourth-order valence-electron chi connectivity index (χ4n) is 2.77. The molecule has 6 nitrogen and oxygen atoms in total. The summed E-state index contributed by atoms with van der Waals surface area (Å²) in [6, 6.07) is 17.8. The van der Waals surface area contributed by atoms with Crippen molar-refractivity contribution in [1.29, 1.82) is 0 Å². The van der Waals surface area contributed by atoms with E-state index in [1.165, 1.54) is 0 Å². The van der Waals surface area contributed by atoms with Crippen LogP contribution in [0.5, 0.6) is 0 Å². The van der Waals surface area contributed by atoms with Gasteiger partial charge in [0.25, 0.3) is 0 Å². The molecule has 4 rings (SSSR count). The topological polar surface area (TPSA) is 83.8 Å². The van der Waals surface area contributed by atoms with Crippen molar-refractivity contribution < 1.29 is 9.32 Å². The van der Waals surface area contributed by atoms with Crippen LogP contribution in [0.3, 0.4) is 0 Å². The molecule has 0 spiro atoms. The van der Waals surface area contributed by atoms with Gasteiger partial charge in [-0.25, -0.2) is 0 Å². The van der Waals surface area contributed by atoms with Gasteiger partial charge in [0.1, 0.15) is 0 Å². The van der Waals surface area contributed by atoms with Crippen molar-refractivity contribution >= 4 is 16.8 Å². The third kappa shape index (κ3) is 3.64. The molecule has 2 aromatic carbocycles. The second-order valence-corrected chi connectivity index (χ2v) is 6.05. The van der Waals surface area contributed by atoms with Crippen molar-refractivity contribution in [3.05, 3.63) is 72.2 Å². The van der Waals surface area contributed by atoms with Crippen LogP contribution >= 0.6 is 0 Å². The first-order valence-corrected chi connectivity index (χ1v) is 8.49. The van der Waals surface area contributed by atoms with Crippen molar-refractivity contribution in [2.75, 3.05) is 0 Å². The normalized spacial score (nSPS) is 10.9. The molecular weight excluding hydrogens is 328 g/mol. The van der Waals surface area contributed by atoms with E-state index < -0.39 is 0 Å². The lowest BCUT2D eigenvalue weighted by Crippen LogP contribution is -2.22. The Morgan fingerprint density at radius 1 is 1.12 bits per heavy atom. The molecule has 2 N–H and O–H groups in total. The number of aryl methyl sites for hydroxylation is 1. The first-order valence-electron chi connectivity index (χ1n) is 8.49. The number of carbonyl (C=O) groups is 1. The predicted octanol–water partition coefficient (Wildman–Crippen LogP) is 3.47. The van der Waals surface area contributed by atoms with Gasteiger partial charge in [-0.15, -0.1) is 0 Å². The van der Waals surface area contributed by atoms with Gasteiger partial charge in [0.05, 0.1) is 0 Å². The molecule has 0 aliphatic heterocycles. The molecule has 0 bridgehead atoms. The summed E-state index contributed by atoms with van der Waals surface area (Å²) < 4.78 is 5.27. The zero-order valence-corrected chi connectivity index (χ0v) is 14.1. The van der Waals surface area contributed by atoms with Crippen molar-refractivity contribution in [2.45, 2.75) is 19.4 Å². The second kappa shape index (κ2) is 7.23. The molecule has 0 aliphatic rings. The van der Waals surface area contributed by atoms with Gasteiger partial charge in [0, 0.05) is 36.7 Å². The zero-order chi connectivity index (χ0) is 17.8. The van der Waals surface area contributed by atoms with Gasteiger partial charge in [-0.3, -0.25) is 4.79 Å². The number of benzene rings is 2. The number of fused-ring (bicyclic) bond motifs is 1. The molecule has 0 aliphatic carbocycles. The number of rotatable bonds is 6. The summed E-state index contributed by atoms with van der Waals surface area (Å²) in [5.74, 6) is 0.948. The predicted molar refractivity (Wildman–Crippen MR) is 98.2 cm³/mol. The molecule has 1 amide bonds. The molecule has 26 heavy (non-hydrogen) atoms. The van der Waals surface area contributed by atoms with Gasteiger partial charge in [0.2, 0.25) is 17.6 Å². The summed E-state index contributed by atoms with van der Waals surface area (Å²) >= 11 is 0. The average Bonchev–Trinajstić information content (AvgIpc) is 3.34. The Hall–Kier alpha value is -3.41. The Morgan fingerprint density at radius 3 is 2.88 bits per heavy atom. The summed E-state index contributed by atoms with van der Waals surface area (Å²) in [5, 5.41) is 8.04. The lowest BCUT2D eigenvalue weighted by Gasteiger charge is -2.03. The molecule has 6 heteroatoms. The quantitative estimate of drug-likeness (QED) is 0.560. The number of aromatic nitrogens is 3. The first-order chi connectivity index (χ1) is 12.8. The smallest absolute Gasteiger partial charge is 0.227 e. The minimum absolute atomic E-state index is 0.0404. The zero-order valence-electron chi connectivity index (χ0n) is 14.1. The summed E-state index contributed by atoms with van der Waals surface area (Å²) in [6.07, 6.45) is 2.62. The average molecular weight is 346 g/mol. The minimum Gasteiger partial charge on any atom is -0.361 e. The Morgan fingerprint density at radius 2 is 2.00 bits per heavy atom. The Kier molecular flexibility index (Phi) is 4.47. The molecule has 0 atom stereocenters. The van der Waals surface area contributed by atoms with Crippen molar-refractivity contribution in [3.8, 4) is 11.4 Å². The third-order valence-corrected chi connectivity index (χ3v) is 4.18. The first kappa shape index (κ1) is 16.1. The largest absolute Gasteiger partial charge is 0.361 e. The fraction of sp³-hybridized carbons (Fsp3) is 0.150. The van der Waals surface area contributed by atoms with E-state index >= 15 is 0 Å². The van der Waals surface area contributed by atoms with Crippen LogP contribution in [-0.2, 0) is 17.8 Å². The van der Waals surface area contributed by atoms with Crippen LogP contribution in [0, 0.1) is 0 Å². The van der Waals surface area contributed by atoms with Gasteiger partial charge in [-0.2, -0.15) is 4.98 Å². The fourth-order valence-corrected chi connectivity index (χ4v) is 2.77. The molecule has 2 heterocycles. The van der Waals surface area contributed by atoms with E-state index in [-0.39, 0.29) is 5.91 Å². The summed E-state index contributed by atoms with van der Waals surface area (Å²) in [5.41, 5.74) is 2.97. The van der Waals surface area contributed by atoms with Crippen molar-refractivity contribution in [3.63, 3.8) is 0 Å². The second-order valence-electron chi connectivity index (χ2n) is 6.05. The molecule has 0 saturated carbocycles. The number of carbonyl (C=O) groups excluding carboxylic acids is 1. The monoisotopic (exact) mass is 346 g/mol. The van der Waals surface area contributed by atoms with E-state index in [1.54, 1.807) is 0 Å². The molecule has 0 radical (unpaired) electrons. The Bertz CT molecular complexity index is 1020. The van der Waals surface area contributed by atoms with Crippen LogP contribution in [0.25, 0.3) is 22.3 Å². The van der Waals surface area contributed by atoms with Crippen molar-refractivity contribution in [2.24, 2.45) is 0 Å². The summed E-state index contributed by atoms with van der Waals surface area (Å²) in [7, 11) is 0. The highest BCUT2D eigenvalue weighted by atomic mass is 16.5. The van der Waals surface area contributed by atoms with Crippen molar-refractivity contribution in [1.82, 2.24) is 20.4 Å². The lowest BCUT2D eigenvalue weighted by atomic mass is 10.1. The number of hydrogen-bond donors (Lipinski definition) is 2. The molecule has 0 saturated heterocycles. The van der Waals surface area contributed by atoms with Gasteiger partial charge in [0.15, 0.2) is 0 Å². The maximum Gasteiger partial charge on any atom is 0.227 e. The van der Waals surface area contributed by atoms with E-state index in [9.17, 15) is 4.79 Å². The Labute approximate surface area is 150 Å². The van der Waals surface area contributed by atoms with Gasteiger partial charge in [-0.1, -0.05) is 47.6 Å². The van der Waals surface area contributed by atoms with Crippen LogP contribution in [0.4, 0.5) is 0 Å². The van der Waals surface area contributed by atoms with Gasteiger partial charge < -0.3 is 14.8 Å². The van der Waals surface area contributed by atoms with E-state index in [1.807, 2.05) is 60.8 Å². The molecular formula is C20H18N4O2. The van der Waals surface area contributed by atoms with Crippen LogP contribution in [-0.4, -0.2) is 21.0 Å². The number of aromatic amines is 1. The van der Waals surface area contributed by atoms with Crippen LogP contribution in [0.15, 0.2) is 65.3 Å². The number of H-pyrrole nitrogens is 1. The summed E-state index contributed by atoms with van der Waals surface area (Å²) in [6.45, 7) is 0.519. The third-order valence-electron chi connectivity index (χ3n) is 4.18. The van der Waals surface area contributed by atoms with Gasteiger partial charge in [-0.05, 0) is 23.1 Å². The molecule has 4 aromatic rings. The number of nitrogens with zero attached hydrogens (tertiary/aromatic N) is 2. The van der Waals surface area contributed by atoms with Crippen LogP contribution in [0.1, 0.15) is 17.9 Å². The maximum atomic E-state index is 12.0. The highest BCUT2D eigenvalue weighted by molar-refractivity contribution is 5.83. The molecule has 0 fully saturated rings. The maximum absolute atomic E-state index is 12.0. The standard InChI is InChI=1S/C20H18N4O2/c25-18(22-13-14-4-2-1-3-5-14)8-9-19-23-20(24-26-19)16-7-6-15-10-11-21-17(15)12-16/h1-7,10-12,21H,8-9,13H2,(H,22,25).